The first-order chi connectivity index (χ1) is 12.5. The SMILES string of the molecule is COC(=O)c1cc(NC(=O)c2c(-c3ccccc3)noc2C)ccc1Cl. The Morgan fingerprint density at radius 2 is 1.88 bits per heavy atom. The van der Waals surface area contributed by atoms with E-state index in [1.807, 2.05) is 30.3 Å². The van der Waals surface area contributed by atoms with Crippen molar-refractivity contribution in [1.82, 2.24) is 5.16 Å². The number of anilines is 1. The molecule has 3 rings (SSSR count). The van der Waals surface area contributed by atoms with Crippen LogP contribution >= 0.6 is 11.6 Å². The lowest BCUT2D eigenvalue weighted by molar-refractivity contribution is 0.0600. The Labute approximate surface area is 154 Å². The van der Waals surface area contributed by atoms with Gasteiger partial charge >= 0.3 is 5.97 Å². The Morgan fingerprint density at radius 3 is 2.58 bits per heavy atom. The monoisotopic (exact) mass is 370 g/mol. The van der Waals surface area contributed by atoms with Crippen LogP contribution in [-0.2, 0) is 4.74 Å². The molecule has 0 bridgehead atoms. The lowest BCUT2D eigenvalue weighted by atomic mass is 10.1. The molecule has 0 atom stereocenters. The van der Waals surface area contributed by atoms with Crippen molar-refractivity contribution in [1.29, 1.82) is 0 Å². The van der Waals surface area contributed by atoms with Gasteiger partial charge in [-0.1, -0.05) is 47.1 Å². The highest BCUT2D eigenvalue weighted by Crippen LogP contribution is 2.27. The number of halogens is 1. The maximum atomic E-state index is 12.8. The highest BCUT2D eigenvalue weighted by Gasteiger charge is 2.22. The van der Waals surface area contributed by atoms with Crippen LogP contribution in [0.3, 0.4) is 0 Å². The number of carbonyl (C=O) groups excluding carboxylic acids is 2. The third-order valence-corrected chi connectivity index (χ3v) is 4.10. The molecule has 1 heterocycles. The largest absolute Gasteiger partial charge is 0.465 e. The van der Waals surface area contributed by atoms with E-state index in [4.69, 9.17) is 16.1 Å². The molecule has 0 saturated heterocycles. The van der Waals surface area contributed by atoms with Gasteiger partial charge in [-0.15, -0.1) is 0 Å². The van der Waals surface area contributed by atoms with Gasteiger partial charge in [-0.05, 0) is 25.1 Å². The minimum Gasteiger partial charge on any atom is -0.465 e. The van der Waals surface area contributed by atoms with Gasteiger partial charge in [0.1, 0.15) is 17.0 Å². The highest BCUT2D eigenvalue weighted by molar-refractivity contribution is 6.33. The molecule has 132 valence electrons. The van der Waals surface area contributed by atoms with Gasteiger partial charge in [0.05, 0.1) is 17.7 Å². The number of nitrogens with one attached hydrogen (secondary N) is 1. The average molecular weight is 371 g/mol. The standard InChI is InChI=1S/C19H15ClN2O4/c1-11-16(17(22-26-11)12-6-4-3-5-7-12)18(23)21-13-8-9-15(20)14(10-13)19(24)25-2/h3-10H,1-2H3,(H,21,23). The lowest BCUT2D eigenvalue weighted by Gasteiger charge is -2.08. The molecule has 0 radical (unpaired) electrons. The Balaban J connectivity index is 1.93. The summed E-state index contributed by atoms with van der Waals surface area (Å²) in [6.07, 6.45) is 0. The van der Waals surface area contributed by atoms with Crippen LogP contribution in [0.1, 0.15) is 26.5 Å². The molecule has 3 aromatic rings. The zero-order chi connectivity index (χ0) is 18.7. The number of esters is 1. The van der Waals surface area contributed by atoms with Crippen molar-refractivity contribution < 1.29 is 18.8 Å². The summed E-state index contributed by atoms with van der Waals surface area (Å²) in [4.78, 5) is 24.5. The van der Waals surface area contributed by atoms with Gasteiger partial charge < -0.3 is 14.6 Å². The van der Waals surface area contributed by atoms with E-state index in [2.05, 4.69) is 15.2 Å². The summed E-state index contributed by atoms with van der Waals surface area (Å²) >= 11 is 6.00. The molecule has 26 heavy (non-hydrogen) atoms. The number of methoxy groups -OCH3 is 1. The second kappa shape index (κ2) is 7.41. The van der Waals surface area contributed by atoms with Crippen molar-refractivity contribution in [3.63, 3.8) is 0 Å². The van der Waals surface area contributed by atoms with E-state index in [9.17, 15) is 9.59 Å². The molecule has 0 unspecified atom stereocenters. The van der Waals surface area contributed by atoms with Gasteiger partial charge in [0.2, 0.25) is 0 Å². The van der Waals surface area contributed by atoms with Gasteiger partial charge in [0.25, 0.3) is 5.91 Å². The third kappa shape index (κ3) is 3.45. The number of rotatable bonds is 4. The molecular formula is C19H15ClN2O4. The first kappa shape index (κ1) is 17.7. The topological polar surface area (TPSA) is 81.4 Å². The summed E-state index contributed by atoms with van der Waals surface area (Å²) in [5, 5.41) is 6.96. The molecule has 7 heteroatoms. The summed E-state index contributed by atoms with van der Waals surface area (Å²) in [7, 11) is 1.26. The molecule has 1 N–H and O–H groups in total. The number of amides is 1. The average Bonchev–Trinajstić information content (AvgIpc) is 3.05. The fraction of sp³-hybridized carbons (Fsp3) is 0.105. The maximum Gasteiger partial charge on any atom is 0.339 e. The van der Waals surface area contributed by atoms with Crippen molar-refractivity contribution in [3.05, 3.63) is 70.4 Å². The van der Waals surface area contributed by atoms with Crippen LogP contribution in [0, 0.1) is 6.92 Å². The van der Waals surface area contributed by atoms with Crippen LogP contribution in [0.4, 0.5) is 5.69 Å². The van der Waals surface area contributed by atoms with E-state index in [1.54, 1.807) is 13.0 Å². The molecule has 0 saturated carbocycles. The number of hydrogen-bond acceptors (Lipinski definition) is 5. The van der Waals surface area contributed by atoms with Crippen LogP contribution in [0.25, 0.3) is 11.3 Å². The van der Waals surface area contributed by atoms with Crippen LogP contribution < -0.4 is 5.32 Å². The Bertz CT molecular complexity index is 967. The van der Waals surface area contributed by atoms with E-state index in [0.717, 1.165) is 5.56 Å². The summed E-state index contributed by atoms with van der Waals surface area (Å²) in [5.41, 5.74) is 2.10. The lowest BCUT2D eigenvalue weighted by Crippen LogP contribution is -2.14. The Morgan fingerprint density at radius 1 is 1.15 bits per heavy atom. The summed E-state index contributed by atoms with van der Waals surface area (Å²) < 4.78 is 9.89. The number of aromatic nitrogens is 1. The summed E-state index contributed by atoms with van der Waals surface area (Å²) in [5.74, 6) is -0.596. The van der Waals surface area contributed by atoms with E-state index < -0.39 is 11.9 Å². The number of hydrogen-bond donors (Lipinski definition) is 1. The van der Waals surface area contributed by atoms with Crippen LogP contribution in [0.5, 0.6) is 0 Å². The van der Waals surface area contributed by atoms with Crippen molar-refractivity contribution in [2.24, 2.45) is 0 Å². The highest BCUT2D eigenvalue weighted by atomic mass is 35.5. The fourth-order valence-corrected chi connectivity index (χ4v) is 2.69. The van der Waals surface area contributed by atoms with Crippen molar-refractivity contribution in [2.75, 3.05) is 12.4 Å². The summed E-state index contributed by atoms with van der Waals surface area (Å²) in [6.45, 7) is 1.66. The smallest absolute Gasteiger partial charge is 0.339 e. The van der Waals surface area contributed by atoms with Gasteiger partial charge in [0.15, 0.2) is 0 Å². The zero-order valence-electron chi connectivity index (χ0n) is 14.1. The summed E-state index contributed by atoms with van der Waals surface area (Å²) in [6, 6.07) is 13.8. The van der Waals surface area contributed by atoms with Crippen molar-refractivity contribution >= 4 is 29.2 Å². The van der Waals surface area contributed by atoms with E-state index >= 15 is 0 Å². The molecule has 0 aliphatic carbocycles. The number of ether oxygens (including phenoxy) is 1. The van der Waals surface area contributed by atoms with Crippen LogP contribution in [0.2, 0.25) is 5.02 Å². The number of benzene rings is 2. The van der Waals surface area contributed by atoms with E-state index in [0.29, 0.717) is 22.7 Å². The molecule has 1 aromatic heterocycles. The predicted molar refractivity (Wildman–Crippen MR) is 97.4 cm³/mol. The molecule has 0 fully saturated rings. The molecule has 0 spiro atoms. The second-order valence-electron chi connectivity index (χ2n) is 5.47. The normalized spacial score (nSPS) is 10.4. The van der Waals surface area contributed by atoms with Crippen molar-refractivity contribution in [3.8, 4) is 11.3 Å². The van der Waals surface area contributed by atoms with E-state index in [1.165, 1.54) is 19.2 Å². The van der Waals surface area contributed by atoms with Gasteiger partial charge in [0, 0.05) is 11.3 Å². The third-order valence-electron chi connectivity index (χ3n) is 3.77. The zero-order valence-corrected chi connectivity index (χ0v) is 14.8. The van der Waals surface area contributed by atoms with Crippen molar-refractivity contribution in [2.45, 2.75) is 6.92 Å². The Kier molecular flexibility index (Phi) is 5.04. The molecule has 0 aliphatic rings. The number of nitrogens with zero attached hydrogens (tertiary/aromatic N) is 1. The molecule has 6 nitrogen and oxygen atoms in total. The maximum absolute atomic E-state index is 12.8. The van der Waals surface area contributed by atoms with E-state index in [-0.39, 0.29) is 10.6 Å². The first-order valence-corrected chi connectivity index (χ1v) is 8.10. The van der Waals surface area contributed by atoms with Gasteiger partial charge in [-0.25, -0.2) is 4.79 Å². The van der Waals surface area contributed by atoms with Gasteiger partial charge in [-0.2, -0.15) is 0 Å². The fourth-order valence-electron chi connectivity index (χ4n) is 2.50. The molecule has 1 amide bonds. The second-order valence-corrected chi connectivity index (χ2v) is 5.88. The molecule has 2 aromatic carbocycles. The number of carbonyl (C=O) groups is 2. The first-order valence-electron chi connectivity index (χ1n) is 7.72. The minimum absolute atomic E-state index is 0.164. The minimum atomic E-state index is -0.586. The quantitative estimate of drug-likeness (QED) is 0.691. The van der Waals surface area contributed by atoms with Crippen LogP contribution in [-0.4, -0.2) is 24.1 Å². The number of aryl methyl sites for hydroxylation is 1. The molecule has 0 aliphatic heterocycles. The predicted octanol–water partition coefficient (Wildman–Crippen LogP) is 4.34. The van der Waals surface area contributed by atoms with Crippen LogP contribution in [0.15, 0.2) is 53.1 Å². The Hall–Kier alpha value is -3.12. The molecular weight excluding hydrogens is 356 g/mol. The van der Waals surface area contributed by atoms with Gasteiger partial charge in [-0.3, -0.25) is 4.79 Å².